The summed E-state index contributed by atoms with van der Waals surface area (Å²) in [4.78, 5) is 5.42. The number of hydrogen-bond acceptors (Lipinski definition) is 4. The van der Waals surface area contributed by atoms with Crippen molar-refractivity contribution in [2.24, 2.45) is 170 Å². The van der Waals surface area contributed by atoms with Crippen molar-refractivity contribution < 1.29 is 9.84 Å². The zero-order chi connectivity index (χ0) is 111. The fourth-order valence-electron chi connectivity index (χ4n) is 22.3. The lowest BCUT2D eigenvalue weighted by Gasteiger charge is -2.49. The maximum Gasteiger partial charge on any atom is 0.0550 e. The van der Waals surface area contributed by atoms with E-state index in [1.54, 1.807) is 0 Å². The SMILES string of the molecule is CC(C)(C)CC(CC(C)(C)C)(CC(C)(C)C)CC(C)(C)C.CC(C)(C)CC(CC(C)(C)C)C(C)(C)C.CC(C)(C)CC(COCC(CC(C)(C)C)(CC(C)(C)C)CC(C)(C)C)(CC(C)(C)C)CC(C)(C)C.CC(C)(C)CC(O)CC(C)(C)C.CC(C)(C)CCN(CCC(C)(C)C)CCC(C)(C)C.CC(CN(CC(C)C(C)(C)C)CC(C)C(C)(C)C)C(C)(C)C.CCC(CC(C)(C)C)C(C)(C)C. The molecule has 0 fully saturated rings. The van der Waals surface area contributed by atoms with Crippen LogP contribution in [0, 0.1) is 170 Å². The molecule has 4 unspecified atom stereocenters. The van der Waals surface area contributed by atoms with Gasteiger partial charge in [0, 0.05) is 19.6 Å². The van der Waals surface area contributed by atoms with E-state index in [1.165, 1.54) is 148 Å². The molecule has 4 nitrogen and oxygen atoms in total. The van der Waals surface area contributed by atoms with Crippen LogP contribution in [0.1, 0.15) is 627 Å². The Morgan fingerprint density at radius 1 is 0.191 bits per heavy atom. The first-order valence-electron chi connectivity index (χ1n) is 56.9. The molecule has 0 rings (SSSR count). The summed E-state index contributed by atoms with van der Waals surface area (Å²) in [5.41, 5.74) is 9.28. The molecular weight excluding hydrogens is 1650 g/mol. The van der Waals surface area contributed by atoms with E-state index in [2.05, 4.69) is 515 Å². The minimum Gasteiger partial charge on any atom is -0.393 e. The molecule has 0 aliphatic carbocycles. The Hall–Kier alpha value is -0.160. The van der Waals surface area contributed by atoms with Crippen LogP contribution in [0.25, 0.3) is 0 Å². The summed E-state index contributed by atoms with van der Waals surface area (Å²) in [5.74, 6) is 3.82. The van der Waals surface area contributed by atoms with Crippen LogP contribution in [0.4, 0.5) is 0 Å². The molecule has 0 saturated heterocycles. The Bertz CT molecular complexity index is 2670. The van der Waals surface area contributed by atoms with Gasteiger partial charge in [-0.05, 0) is 306 Å². The lowest BCUT2D eigenvalue weighted by atomic mass is 9.56. The van der Waals surface area contributed by atoms with Gasteiger partial charge in [-0.25, -0.2) is 0 Å². The molecule has 0 aromatic rings. The highest BCUT2D eigenvalue weighted by atomic mass is 16.5. The van der Waals surface area contributed by atoms with Gasteiger partial charge in [-0.3, -0.25) is 0 Å². The number of hydrogen-bond donors (Lipinski definition) is 1. The highest BCUT2D eigenvalue weighted by Gasteiger charge is 2.47. The smallest absolute Gasteiger partial charge is 0.0550 e. The molecule has 0 heterocycles. The average molecular weight is 1930 g/mol. The largest absolute Gasteiger partial charge is 0.393 e. The van der Waals surface area contributed by atoms with Crippen molar-refractivity contribution in [3.63, 3.8) is 0 Å². The Labute approximate surface area is 870 Å². The van der Waals surface area contributed by atoms with E-state index in [1.807, 2.05) is 0 Å². The summed E-state index contributed by atoms with van der Waals surface area (Å²) in [6.07, 6.45) is 23.4. The normalized spacial score (nSPS) is 15.7. The lowest BCUT2D eigenvalue weighted by molar-refractivity contribution is -0.0807. The molecule has 4 heteroatoms. The van der Waals surface area contributed by atoms with E-state index in [9.17, 15) is 5.11 Å². The van der Waals surface area contributed by atoms with E-state index >= 15 is 0 Å². The molecule has 0 bridgehead atoms. The van der Waals surface area contributed by atoms with Gasteiger partial charge < -0.3 is 19.6 Å². The van der Waals surface area contributed by atoms with Crippen LogP contribution < -0.4 is 0 Å². The number of rotatable bonds is 32. The first kappa shape index (κ1) is 149. The van der Waals surface area contributed by atoms with Gasteiger partial charge in [-0.15, -0.1) is 0 Å². The van der Waals surface area contributed by atoms with Gasteiger partial charge in [0.2, 0.25) is 0 Å². The second-order valence-corrected chi connectivity index (χ2v) is 74.2. The molecular formula is C132H280N2O2. The van der Waals surface area contributed by atoms with E-state index in [-0.39, 0.29) is 60.3 Å². The van der Waals surface area contributed by atoms with E-state index < -0.39 is 0 Å². The first-order chi connectivity index (χ1) is 58.2. The highest BCUT2D eigenvalue weighted by Crippen LogP contribution is 2.56. The summed E-state index contributed by atoms with van der Waals surface area (Å²) in [6, 6.07) is 0. The minimum atomic E-state index is -0.148. The fraction of sp³-hybridized carbons (Fsp3) is 1.00. The molecule has 0 aliphatic heterocycles. The Morgan fingerprint density at radius 2 is 0.353 bits per heavy atom. The van der Waals surface area contributed by atoms with Gasteiger partial charge in [-0.1, -0.05) is 512 Å². The standard InChI is InChI=1S/C34H70O.C21H45N.C21H44.C18H39N.C15H32.C12H26.C11H24O/c1-27(2,3)19-33(20-28(4,5)6,21-29(7,8)9)25-35-26-34(22-30(10,11)12,23-31(13,14)15)24-32(16,17)18;1-16(19(4,5)6)13-22(14-17(2)20(7,8)9)15-18(3)21(10,11)12;1-17(2,3)13-21(14-18(4,5)6,15-19(7,8)9)16-20(10,11)12;1-16(2,3)10-13-19(14-11-17(4,5)6)15-12-18(7,8)9;1-13(2,3)10-12(15(7,8)9)11-14(4,5)6;1-8-10(12(5,6)7)9-11(2,3)4;1-10(2,3)7-9(12)8-11(4,5)6/h19-26H2,1-18H3;16-18H,13-15H2,1-12H3;13-16H2,1-12H3;10-15H2,1-9H3;12H,10-11H2,1-9H3;10H,8-9H2,1-7H3;9,12H,7-8H2,1-6H3. The summed E-state index contributed by atoms with van der Waals surface area (Å²) in [6.45, 7) is 182. The molecule has 0 aromatic heterocycles. The van der Waals surface area contributed by atoms with Crippen molar-refractivity contribution in [3.05, 3.63) is 0 Å². The summed E-state index contributed by atoms with van der Waals surface area (Å²) in [7, 11) is 0. The fourth-order valence-corrected chi connectivity index (χ4v) is 22.3. The monoisotopic (exact) mass is 1930 g/mol. The maximum atomic E-state index is 9.72. The molecule has 0 aromatic carbocycles. The van der Waals surface area contributed by atoms with E-state index in [4.69, 9.17) is 4.74 Å². The maximum absolute atomic E-state index is 9.72. The molecule has 0 spiro atoms. The van der Waals surface area contributed by atoms with E-state index in [0.29, 0.717) is 104 Å². The number of aliphatic hydroxyl groups is 1. The third kappa shape index (κ3) is 98.5. The quantitative estimate of drug-likeness (QED) is 0.0728. The second kappa shape index (κ2) is 55.9. The van der Waals surface area contributed by atoms with Crippen LogP contribution in [0.5, 0.6) is 0 Å². The van der Waals surface area contributed by atoms with Crippen molar-refractivity contribution in [1.29, 1.82) is 0 Å². The van der Waals surface area contributed by atoms with Crippen LogP contribution in [-0.4, -0.2) is 73.5 Å². The Balaban J connectivity index is -0.000000295. The highest BCUT2D eigenvalue weighted by molar-refractivity contribution is 4.98. The van der Waals surface area contributed by atoms with Gasteiger partial charge in [-0.2, -0.15) is 0 Å². The number of nitrogens with zero attached hydrogens (tertiary/aromatic N) is 2. The number of aliphatic hydroxyl groups excluding tert-OH is 1. The molecule has 136 heavy (non-hydrogen) atoms. The minimum absolute atomic E-state index is 0.148. The van der Waals surface area contributed by atoms with Gasteiger partial charge >= 0.3 is 0 Å². The van der Waals surface area contributed by atoms with Gasteiger partial charge in [0.05, 0.1) is 19.3 Å². The molecule has 830 valence electrons. The molecule has 0 amide bonds. The topological polar surface area (TPSA) is 35.9 Å². The van der Waals surface area contributed by atoms with E-state index in [0.717, 1.165) is 37.9 Å². The molecule has 0 aliphatic rings. The van der Waals surface area contributed by atoms with Crippen LogP contribution in [-0.2, 0) is 4.74 Å². The van der Waals surface area contributed by atoms with Crippen molar-refractivity contribution in [2.45, 2.75) is 634 Å². The predicted molar refractivity (Wildman–Crippen MR) is 632 cm³/mol. The lowest BCUT2D eigenvalue weighted by Crippen LogP contribution is -2.43. The van der Waals surface area contributed by atoms with Crippen LogP contribution in [0.15, 0.2) is 0 Å². The van der Waals surface area contributed by atoms with Crippen molar-refractivity contribution in [2.75, 3.05) is 52.5 Å². The van der Waals surface area contributed by atoms with Gasteiger partial charge in [0.15, 0.2) is 0 Å². The summed E-state index contributed by atoms with van der Waals surface area (Å²) in [5, 5.41) is 9.72. The summed E-state index contributed by atoms with van der Waals surface area (Å²) >= 11 is 0. The molecule has 1 N–H and O–H groups in total. The van der Waals surface area contributed by atoms with Crippen molar-refractivity contribution in [1.82, 2.24) is 9.80 Å². The zero-order valence-corrected chi connectivity index (χ0v) is 110. The first-order valence-corrected chi connectivity index (χ1v) is 56.9. The summed E-state index contributed by atoms with van der Waals surface area (Å²) < 4.78 is 7.04. The third-order valence-corrected chi connectivity index (χ3v) is 26.6. The second-order valence-electron chi connectivity index (χ2n) is 74.2. The molecule has 0 saturated carbocycles. The molecule has 0 radical (unpaired) electrons. The Kier molecular flexibility index (Phi) is 61.2. The van der Waals surface area contributed by atoms with Crippen LogP contribution in [0.2, 0.25) is 0 Å². The predicted octanol–water partition coefficient (Wildman–Crippen LogP) is 44.5. The zero-order valence-electron chi connectivity index (χ0n) is 110. The van der Waals surface area contributed by atoms with Crippen LogP contribution in [0.3, 0.4) is 0 Å². The third-order valence-electron chi connectivity index (χ3n) is 26.6. The number of ether oxygens (including phenoxy) is 1. The van der Waals surface area contributed by atoms with Gasteiger partial charge in [0.1, 0.15) is 0 Å². The van der Waals surface area contributed by atoms with Crippen LogP contribution >= 0.6 is 0 Å². The van der Waals surface area contributed by atoms with Gasteiger partial charge in [0.25, 0.3) is 0 Å². The molecule has 4 atom stereocenters. The Morgan fingerprint density at radius 3 is 0.478 bits per heavy atom. The van der Waals surface area contributed by atoms with Crippen molar-refractivity contribution in [3.8, 4) is 0 Å². The van der Waals surface area contributed by atoms with Crippen molar-refractivity contribution >= 4 is 0 Å². The average Bonchev–Trinajstić information content (AvgIpc) is 0.792.